The summed E-state index contributed by atoms with van der Waals surface area (Å²) in [6, 6.07) is 98.2. The summed E-state index contributed by atoms with van der Waals surface area (Å²) in [5.41, 5.74) is 13.6. The lowest BCUT2D eigenvalue weighted by atomic mass is 9.97. The smallest absolute Gasteiger partial charge is 0.0540 e. The van der Waals surface area contributed by atoms with Crippen molar-refractivity contribution in [1.82, 2.24) is 0 Å². The zero-order valence-electron chi connectivity index (χ0n) is 39.1. The lowest BCUT2D eigenvalue weighted by Crippen LogP contribution is -2.13. The molecule has 0 aliphatic carbocycles. The number of nitrogens with zero attached hydrogens (tertiary/aromatic N) is 2. The van der Waals surface area contributed by atoms with Crippen molar-refractivity contribution in [2.75, 3.05) is 9.80 Å². The standard InChI is InChI=1S/C68H44N2S2/c1-2-16-49-42-50(29-28-45(49)14-1)46-30-34-51(35-31-46)69(53-38-40-61-59-21-7-11-26-65(59)71-67(61)43-53)63-24-9-5-19-57(63)58-20-6-10-25-64(58)70(54-39-41-62-60-22-8-12-27-66(60)72-68(62)44-54)52-36-32-48(33-37-52)56-23-13-17-47-15-3-4-18-55(47)56/h1-44H. The van der Waals surface area contributed by atoms with Crippen molar-refractivity contribution in [3.63, 3.8) is 0 Å². The first-order valence-corrected chi connectivity index (χ1v) is 26.1. The van der Waals surface area contributed by atoms with E-state index in [2.05, 4.69) is 277 Å². The van der Waals surface area contributed by atoms with E-state index in [0.29, 0.717) is 0 Å². The molecule has 12 aromatic carbocycles. The van der Waals surface area contributed by atoms with Gasteiger partial charge in [-0.15, -0.1) is 22.7 Å². The fraction of sp³-hybridized carbons (Fsp3) is 0. The highest BCUT2D eigenvalue weighted by molar-refractivity contribution is 7.26. The first-order valence-electron chi connectivity index (χ1n) is 24.5. The summed E-state index contributed by atoms with van der Waals surface area (Å²) in [5.74, 6) is 0. The highest BCUT2D eigenvalue weighted by atomic mass is 32.1. The topological polar surface area (TPSA) is 6.48 Å². The molecule has 2 nitrogen and oxygen atoms in total. The van der Waals surface area contributed by atoms with Gasteiger partial charge < -0.3 is 9.80 Å². The van der Waals surface area contributed by atoms with E-state index in [4.69, 9.17) is 0 Å². The van der Waals surface area contributed by atoms with Crippen LogP contribution < -0.4 is 9.80 Å². The number of fused-ring (bicyclic) bond motifs is 8. The summed E-state index contributed by atoms with van der Waals surface area (Å²) in [6.07, 6.45) is 0. The Morgan fingerprint density at radius 1 is 0.222 bits per heavy atom. The van der Waals surface area contributed by atoms with Gasteiger partial charge in [-0.25, -0.2) is 0 Å². The average molecular weight is 953 g/mol. The Bertz CT molecular complexity index is 4350. The molecule has 2 heterocycles. The molecule has 0 unspecified atom stereocenters. The van der Waals surface area contributed by atoms with Gasteiger partial charge in [-0.3, -0.25) is 0 Å². The van der Waals surface area contributed by atoms with Crippen LogP contribution in [0.4, 0.5) is 34.1 Å². The van der Waals surface area contributed by atoms with Gasteiger partial charge in [0.25, 0.3) is 0 Å². The van der Waals surface area contributed by atoms with Crippen LogP contribution in [-0.4, -0.2) is 0 Å². The molecule has 338 valence electrons. The summed E-state index contributed by atoms with van der Waals surface area (Å²) in [5, 5.41) is 10.1. The van der Waals surface area contributed by atoms with Gasteiger partial charge in [-0.2, -0.15) is 0 Å². The summed E-state index contributed by atoms with van der Waals surface area (Å²) in [4.78, 5) is 4.90. The third-order valence-electron chi connectivity index (χ3n) is 14.3. The van der Waals surface area contributed by atoms with Gasteiger partial charge in [-0.05, 0) is 123 Å². The predicted molar refractivity (Wildman–Crippen MR) is 313 cm³/mol. The van der Waals surface area contributed by atoms with Crippen LogP contribution in [0.3, 0.4) is 0 Å². The summed E-state index contributed by atoms with van der Waals surface area (Å²) in [6.45, 7) is 0. The fourth-order valence-electron chi connectivity index (χ4n) is 10.8. The molecule has 4 heteroatoms. The monoisotopic (exact) mass is 952 g/mol. The van der Waals surface area contributed by atoms with Crippen LogP contribution in [0.5, 0.6) is 0 Å². The number of hydrogen-bond acceptors (Lipinski definition) is 4. The number of anilines is 6. The molecule has 0 atom stereocenters. The van der Waals surface area contributed by atoms with Crippen molar-refractivity contribution in [1.29, 1.82) is 0 Å². The normalized spacial score (nSPS) is 11.6. The maximum absolute atomic E-state index is 2.45. The summed E-state index contributed by atoms with van der Waals surface area (Å²) < 4.78 is 5.12. The van der Waals surface area contributed by atoms with E-state index in [0.717, 1.165) is 45.3 Å². The first-order chi connectivity index (χ1) is 35.7. The van der Waals surface area contributed by atoms with E-state index in [1.807, 2.05) is 22.7 Å². The minimum atomic E-state index is 1.08. The van der Waals surface area contributed by atoms with Crippen molar-refractivity contribution in [3.05, 3.63) is 267 Å². The minimum Gasteiger partial charge on any atom is -0.310 e. The second-order valence-electron chi connectivity index (χ2n) is 18.4. The summed E-state index contributed by atoms with van der Waals surface area (Å²) in [7, 11) is 0. The van der Waals surface area contributed by atoms with Gasteiger partial charge in [0.05, 0.1) is 11.4 Å². The minimum absolute atomic E-state index is 1.08. The predicted octanol–water partition coefficient (Wildman–Crippen LogP) is 20.7. The molecular formula is C68H44N2S2. The molecule has 0 saturated carbocycles. The van der Waals surface area contributed by atoms with Gasteiger partial charge in [0, 0.05) is 74.2 Å². The summed E-state index contributed by atoms with van der Waals surface area (Å²) >= 11 is 3.71. The molecule has 0 N–H and O–H groups in total. The molecule has 0 saturated heterocycles. The maximum atomic E-state index is 2.45. The number of benzene rings is 12. The highest BCUT2D eigenvalue weighted by Gasteiger charge is 2.24. The van der Waals surface area contributed by atoms with Crippen LogP contribution in [0.25, 0.3) is 95.3 Å². The Labute approximate surface area is 426 Å². The molecule has 14 aromatic rings. The average Bonchev–Trinajstić information content (AvgIpc) is 4.01. The maximum Gasteiger partial charge on any atom is 0.0540 e. The molecule has 0 fully saturated rings. The second kappa shape index (κ2) is 17.6. The van der Waals surface area contributed by atoms with Crippen molar-refractivity contribution in [2.24, 2.45) is 0 Å². The van der Waals surface area contributed by atoms with Crippen molar-refractivity contribution < 1.29 is 0 Å². The number of hydrogen-bond donors (Lipinski definition) is 0. The van der Waals surface area contributed by atoms with Crippen LogP contribution in [0, 0.1) is 0 Å². The SMILES string of the molecule is c1ccc(N(c2ccc(-c3ccc4ccccc4c3)cc2)c2ccc3c(c2)sc2ccccc23)c(-c2ccccc2N(c2ccc(-c3cccc4ccccc34)cc2)c2ccc3c(c2)sc2ccccc23)c1. The lowest BCUT2D eigenvalue weighted by molar-refractivity contribution is 1.27. The largest absolute Gasteiger partial charge is 0.310 e. The molecule has 0 spiro atoms. The molecule has 0 aliphatic rings. The number of rotatable bonds is 9. The number of thiophene rings is 2. The highest BCUT2D eigenvalue weighted by Crippen LogP contribution is 2.49. The van der Waals surface area contributed by atoms with E-state index >= 15 is 0 Å². The third kappa shape index (κ3) is 7.31. The van der Waals surface area contributed by atoms with Crippen LogP contribution in [-0.2, 0) is 0 Å². The molecule has 2 aromatic heterocycles. The van der Waals surface area contributed by atoms with Crippen LogP contribution in [0.15, 0.2) is 267 Å². The van der Waals surface area contributed by atoms with Gasteiger partial charge in [0.1, 0.15) is 0 Å². The Balaban J connectivity index is 0.942. The fourth-order valence-corrected chi connectivity index (χ4v) is 13.1. The van der Waals surface area contributed by atoms with E-state index in [-0.39, 0.29) is 0 Å². The molecule has 0 bridgehead atoms. The van der Waals surface area contributed by atoms with Gasteiger partial charge in [-0.1, -0.05) is 188 Å². The first kappa shape index (κ1) is 42.1. The van der Waals surface area contributed by atoms with Crippen LogP contribution >= 0.6 is 22.7 Å². The van der Waals surface area contributed by atoms with E-state index in [1.165, 1.54) is 84.1 Å². The van der Waals surface area contributed by atoms with Gasteiger partial charge in [0.15, 0.2) is 0 Å². The van der Waals surface area contributed by atoms with Gasteiger partial charge >= 0.3 is 0 Å². The van der Waals surface area contributed by atoms with Crippen LogP contribution in [0.1, 0.15) is 0 Å². The van der Waals surface area contributed by atoms with E-state index in [9.17, 15) is 0 Å². The van der Waals surface area contributed by atoms with Crippen molar-refractivity contribution in [3.8, 4) is 33.4 Å². The molecule has 72 heavy (non-hydrogen) atoms. The van der Waals surface area contributed by atoms with Gasteiger partial charge in [0.2, 0.25) is 0 Å². The van der Waals surface area contributed by atoms with Crippen molar-refractivity contribution >= 4 is 119 Å². The van der Waals surface area contributed by atoms with E-state index in [1.54, 1.807) is 0 Å². The Kier molecular flexibility index (Phi) is 10.3. The molecule has 0 aliphatic heterocycles. The quantitative estimate of drug-likeness (QED) is 0.142. The Hall–Kier alpha value is -8.80. The zero-order chi connectivity index (χ0) is 47.5. The molecule has 0 amide bonds. The second-order valence-corrected chi connectivity index (χ2v) is 20.6. The Morgan fingerprint density at radius 3 is 1.24 bits per heavy atom. The number of para-hydroxylation sites is 2. The zero-order valence-corrected chi connectivity index (χ0v) is 40.7. The third-order valence-corrected chi connectivity index (χ3v) is 16.5. The molecular weight excluding hydrogens is 909 g/mol. The Morgan fingerprint density at radius 2 is 0.639 bits per heavy atom. The van der Waals surface area contributed by atoms with E-state index < -0.39 is 0 Å². The van der Waals surface area contributed by atoms with Crippen molar-refractivity contribution in [2.45, 2.75) is 0 Å². The van der Waals surface area contributed by atoms with Crippen LogP contribution in [0.2, 0.25) is 0 Å². The molecule has 0 radical (unpaired) electrons. The lowest BCUT2D eigenvalue weighted by Gasteiger charge is -2.31. The molecule has 14 rings (SSSR count).